The van der Waals surface area contributed by atoms with Gasteiger partial charge in [0.15, 0.2) is 0 Å². The molecule has 0 heterocycles. The fraction of sp³-hybridized carbons (Fsp3) is 0.200. The van der Waals surface area contributed by atoms with E-state index in [2.05, 4.69) is 5.32 Å². The minimum absolute atomic E-state index is 0.0517. The highest BCUT2D eigenvalue weighted by molar-refractivity contribution is 6.42. The number of halogens is 4. The molecule has 0 bridgehead atoms. The first-order chi connectivity index (χ1) is 9.52. The zero-order valence-corrected chi connectivity index (χ0v) is 13.0. The van der Waals surface area contributed by atoms with E-state index < -0.39 is 0 Å². The van der Waals surface area contributed by atoms with Crippen molar-refractivity contribution < 1.29 is 4.39 Å². The number of nitrogens with one attached hydrogen (secondary N) is 1. The van der Waals surface area contributed by atoms with Crippen molar-refractivity contribution in [2.24, 2.45) is 0 Å². The Bertz CT molecular complexity index is 616. The molecule has 20 heavy (non-hydrogen) atoms. The van der Waals surface area contributed by atoms with Crippen molar-refractivity contribution in [2.75, 3.05) is 7.05 Å². The third kappa shape index (κ3) is 3.44. The number of rotatable bonds is 4. The van der Waals surface area contributed by atoms with E-state index in [1.54, 1.807) is 12.1 Å². The van der Waals surface area contributed by atoms with E-state index in [-0.39, 0.29) is 11.9 Å². The van der Waals surface area contributed by atoms with Gasteiger partial charge in [-0.25, -0.2) is 4.39 Å². The van der Waals surface area contributed by atoms with Gasteiger partial charge < -0.3 is 5.32 Å². The van der Waals surface area contributed by atoms with Gasteiger partial charge in [0, 0.05) is 11.1 Å². The Hall–Kier alpha value is -0.800. The Balaban J connectivity index is 2.31. The lowest BCUT2D eigenvalue weighted by Crippen LogP contribution is -2.19. The van der Waals surface area contributed by atoms with E-state index in [4.69, 9.17) is 34.8 Å². The summed E-state index contributed by atoms with van der Waals surface area (Å²) in [7, 11) is 1.83. The van der Waals surface area contributed by atoms with Gasteiger partial charge >= 0.3 is 0 Å². The van der Waals surface area contributed by atoms with Crippen LogP contribution >= 0.6 is 34.8 Å². The number of hydrogen-bond acceptors (Lipinski definition) is 1. The Kier molecular flexibility index (Phi) is 5.28. The van der Waals surface area contributed by atoms with Gasteiger partial charge in [-0.3, -0.25) is 0 Å². The van der Waals surface area contributed by atoms with Crippen molar-refractivity contribution in [3.8, 4) is 0 Å². The van der Waals surface area contributed by atoms with Crippen LogP contribution in [0.15, 0.2) is 36.4 Å². The van der Waals surface area contributed by atoms with Gasteiger partial charge in [0.05, 0.1) is 10.0 Å². The predicted octanol–water partition coefficient (Wildman–Crippen LogP) is 5.29. The quantitative estimate of drug-likeness (QED) is 0.802. The first-order valence-corrected chi connectivity index (χ1v) is 7.21. The number of likely N-dealkylation sites (N-methyl/N-ethyl adjacent to an activating group) is 1. The van der Waals surface area contributed by atoms with Crippen LogP contribution in [0, 0.1) is 5.82 Å². The molecule has 2 aromatic carbocycles. The van der Waals surface area contributed by atoms with Crippen LogP contribution in [-0.4, -0.2) is 7.05 Å². The molecule has 0 aliphatic heterocycles. The van der Waals surface area contributed by atoms with Crippen LogP contribution in [0.25, 0.3) is 0 Å². The summed E-state index contributed by atoms with van der Waals surface area (Å²) in [6.07, 6.45) is 0.593. The van der Waals surface area contributed by atoms with Gasteiger partial charge in [-0.15, -0.1) is 0 Å². The van der Waals surface area contributed by atoms with Gasteiger partial charge in [0.2, 0.25) is 0 Å². The second kappa shape index (κ2) is 6.77. The van der Waals surface area contributed by atoms with E-state index >= 15 is 0 Å². The van der Waals surface area contributed by atoms with Crippen molar-refractivity contribution >= 4 is 34.8 Å². The minimum Gasteiger partial charge on any atom is -0.313 e. The molecule has 0 fully saturated rings. The number of benzene rings is 2. The van der Waals surface area contributed by atoms with E-state index in [0.717, 1.165) is 11.1 Å². The third-order valence-corrected chi connectivity index (χ3v) is 4.33. The lowest BCUT2D eigenvalue weighted by Gasteiger charge is -2.19. The largest absolute Gasteiger partial charge is 0.313 e. The molecule has 0 amide bonds. The van der Waals surface area contributed by atoms with Crippen LogP contribution in [0.5, 0.6) is 0 Å². The topological polar surface area (TPSA) is 12.0 Å². The van der Waals surface area contributed by atoms with Crippen molar-refractivity contribution in [1.29, 1.82) is 0 Å². The standard InChI is InChI=1S/C15H13Cl3FN/c1-20-14(11-3-2-4-12(16)15(11)18)7-9-5-6-10(19)8-13(9)17/h2-6,8,14,20H,7H2,1H3. The molecule has 2 rings (SSSR count). The molecule has 0 saturated carbocycles. The van der Waals surface area contributed by atoms with Gasteiger partial charge in [-0.1, -0.05) is 53.0 Å². The average Bonchev–Trinajstić information content (AvgIpc) is 2.42. The molecule has 106 valence electrons. The summed E-state index contributed by atoms with van der Waals surface area (Å²) in [6.45, 7) is 0. The zero-order chi connectivity index (χ0) is 14.7. The predicted molar refractivity (Wildman–Crippen MR) is 83.4 cm³/mol. The van der Waals surface area contributed by atoms with Gasteiger partial charge in [0.25, 0.3) is 0 Å². The van der Waals surface area contributed by atoms with Crippen LogP contribution in [0.4, 0.5) is 4.39 Å². The first-order valence-electron chi connectivity index (χ1n) is 6.08. The van der Waals surface area contributed by atoms with Gasteiger partial charge in [-0.05, 0) is 42.8 Å². The summed E-state index contributed by atoms with van der Waals surface area (Å²) >= 11 is 18.3. The summed E-state index contributed by atoms with van der Waals surface area (Å²) in [4.78, 5) is 0. The van der Waals surface area contributed by atoms with Gasteiger partial charge in [-0.2, -0.15) is 0 Å². The van der Waals surface area contributed by atoms with Gasteiger partial charge in [0.1, 0.15) is 5.82 Å². The lowest BCUT2D eigenvalue weighted by atomic mass is 9.99. The molecule has 0 radical (unpaired) electrons. The second-order valence-electron chi connectivity index (χ2n) is 4.42. The maximum Gasteiger partial charge on any atom is 0.124 e. The summed E-state index contributed by atoms with van der Waals surface area (Å²) in [5.41, 5.74) is 1.74. The normalized spacial score (nSPS) is 12.4. The van der Waals surface area contributed by atoms with Crippen LogP contribution in [0.1, 0.15) is 17.2 Å². The summed E-state index contributed by atoms with van der Waals surface area (Å²) < 4.78 is 13.1. The van der Waals surface area contributed by atoms with E-state index in [1.807, 2.05) is 19.2 Å². The summed E-state index contributed by atoms with van der Waals surface area (Å²) in [5.74, 6) is -0.347. The Morgan fingerprint density at radius 3 is 2.50 bits per heavy atom. The van der Waals surface area contributed by atoms with Crippen LogP contribution in [0.3, 0.4) is 0 Å². The molecular weight excluding hydrogens is 320 g/mol. The highest BCUT2D eigenvalue weighted by atomic mass is 35.5. The monoisotopic (exact) mass is 331 g/mol. The Morgan fingerprint density at radius 2 is 1.85 bits per heavy atom. The second-order valence-corrected chi connectivity index (χ2v) is 5.62. The van der Waals surface area contributed by atoms with Crippen molar-refractivity contribution in [2.45, 2.75) is 12.5 Å². The molecular formula is C15H13Cl3FN. The molecule has 0 saturated heterocycles. The molecule has 0 aliphatic rings. The van der Waals surface area contributed by atoms with Crippen molar-refractivity contribution in [3.05, 3.63) is 68.4 Å². The molecule has 0 spiro atoms. The van der Waals surface area contributed by atoms with Crippen molar-refractivity contribution in [3.63, 3.8) is 0 Å². The SMILES string of the molecule is CNC(Cc1ccc(F)cc1Cl)c1cccc(Cl)c1Cl. The third-order valence-electron chi connectivity index (χ3n) is 3.14. The highest BCUT2D eigenvalue weighted by Gasteiger charge is 2.16. The molecule has 1 nitrogen and oxygen atoms in total. The number of hydrogen-bond donors (Lipinski definition) is 1. The molecule has 1 atom stereocenters. The molecule has 0 aliphatic carbocycles. The minimum atomic E-state index is -0.347. The molecule has 2 aromatic rings. The lowest BCUT2D eigenvalue weighted by molar-refractivity contribution is 0.589. The highest BCUT2D eigenvalue weighted by Crippen LogP contribution is 2.32. The maximum absolute atomic E-state index is 13.1. The molecule has 1 unspecified atom stereocenters. The fourth-order valence-corrected chi connectivity index (χ4v) is 2.75. The molecule has 1 N–H and O–H groups in total. The summed E-state index contributed by atoms with van der Waals surface area (Å²) in [5, 5.41) is 4.62. The average molecular weight is 333 g/mol. The van der Waals surface area contributed by atoms with Crippen LogP contribution in [0.2, 0.25) is 15.1 Å². The summed E-state index contributed by atoms with van der Waals surface area (Å²) in [6, 6.07) is 9.83. The first kappa shape index (κ1) is 15.6. The van der Waals surface area contributed by atoms with Crippen molar-refractivity contribution in [1.82, 2.24) is 5.32 Å². The Morgan fingerprint density at radius 1 is 1.10 bits per heavy atom. The smallest absolute Gasteiger partial charge is 0.124 e. The fourth-order valence-electron chi connectivity index (χ4n) is 2.06. The van der Waals surface area contributed by atoms with Crippen LogP contribution < -0.4 is 5.32 Å². The maximum atomic E-state index is 13.1. The Labute approximate surface area is 132 Å². The zero-order valence-electron chi connectivity index (χ0n) is 10.8. The molecule has 0 aromatic heterocycles. The van der Waals surface area contributed by atoms with Crippen LogP contribution in [-0.2, 0) is 6.42 Å². The molecule has 5 heteroatoms. The van der Waals surface area contributed by atoms with E-state index in [0.29, 0.717) is 21.5 Å². The van der Waals surface area contributed by atoms with E-state index in [9.17, 15) is 4.39 Å². The van der Waals surface area contributed by atoms with E-state index in [1.165, 1.54) is 12.1 Å².